The van der Waals surface area contributed by atoms with Gasteiger partial charge in [-0.05, 0) is 30.5 Å². The van der Waals surface area contributed by atoms with Gasteiger partial charge in [-0.3, -0.25) is 0 Å². The van der Waals surface area contributed by atoms with Crippen LogP contribution in [0.1, 0.15) is 48.1 Å². The van der Waals surface area contributed by atoms with E-state index in [0.717, 1.165) is 33.9 Å². The molecule has 0 bridgehead atoms. The van der Waals surface area contributed by atoms with E-state index in [1.807, 2.05) is 25.1 Å². The second-order valence-corrected chi connectivity index (χ2v) is 6.73. The van der Waals surface area contributed by atoms with Gasteiger partial charge in [0.05, 0.1) is 17.3 Å². The van der Waals surface area contributed by atoms with Gasteiger partial charge in [0.2, 0.25) is 0 Å². The van der Waals surface area contributed by atoms with Gasteiger partial charge in [0.15, 0.2) is 0 Å². The van der Waals surface area contributed by atoms with E-state index in [-0.39, 0.29) is 11.7 Å². The minimum absolute atomic E-state index is 0.106. The second-order valence-electron chi connectivity index (χ2n) is 6.73. The van der Waals surface area contributed by atoms with Gasteiger partial charge >= 0.3 is 5.97 Å². The number of carbonyl (C=O) groups is 1. The van der Waals surface area contributed by atoms with Crippen molar-refractivity contribution in [2.24, 2.45) is 0 Å². The molecular weight excluding hydrogens is 336 g/mol. The maximum absolute atomic E-state index is 11.6. The molecule has 136 valence electrons. The van der Waals surface area contributed by atoms with Crippen molar-refractivity contribution in [1.82, 2.24) is 9.55 Å². The molecule has 4 rings (SSSR count). The Morgan fingerprint density at radius 1 is 1.04 bits per heavy atom. The molecule has 0 radical (unpaired) electrons. The van der Waals surface area contributed by atoms with E-state index in [2.05, 4.69) is 52.9 Å². The number of carboxylic acids is 1. The molecule has 1 unspecified atom stereocenters. The molecule has 1 N–H and O–H groups in total. The Morgan fingerprint density at radius 2 is 1.74 bits per heavy atom. The summed E-state index contributed by atoms with van der Waals surface area (Å²) in [5.74, 6) is -0.987. The third-order valence-corrected chi connectivity index (χ3v) is 5.20. The molecule has 0 spiro atoms. The molecule has 4 heteroatoms. The molecule has 2 heterocycles. The summed E-state index contributed by atoms with van der Waals surface area (Å²) in [5.41, 5.74) is 4.33. The molecule has 0 saturated heterocycles. The highest BCUT2D eigenvalue weighted by Gasteiger charge is 2.22. The largest absolute Gasteiger partial charge is 0.477 e. The lowest BCUT2D eigenvalue weighted by Crippen LogP contribution is -2.12. The zero-order chi connectivity index (χ0) is 19.0. The SMILES string of the molecule is CCc1nc(C(=O)O)cc2c3ccccc3n(C(CC)c3ccccc3)c12. The molecule has 27 heavy (non-hydrogen) atoms. The molecule has 2 aromatic heterocycles. The first-order chi connectivity index (χ1) is 13.2. The minimum atomic E-state index is -0.987. The Kier molecular flexibility index (Phi) is 4.40. The Hall–Kier alpha value is -3.14. The summed E-state index contributed by atoms with van der Waals surface area (Å²) < 4.78 is 2.34. The summed E-state index contributed by atoms with van der Waals surface area (Å²) in [5, 5.41) is 11.5. The van der Waals surface area contributed by atoms with Crippen LogP contribution in [0.4, 0.5) is 0 Å². The number of nitrogens with zero attached hydrogens (tertiary/aromatic N) is 2. The lowest BCUT2D eigenvalue weighted by molar-refractivity contribution is 0.0690. The van der Waals surface area contributed by atoms with Crippen LogP contribution in [0.3, 0.4) is 0 Å². The minimum Gasteiger partial charge on any atom is -0.477 e. The van der Waals surface area contributed by atoms with Crippen LogP contribution in [0.5, 0.6) is 0 Å². The smallest absolute Gasteiger partial charge is 0.354 e. The van der Waals surface area contributed by atoms with Gasteiger partial charge in [-0.2, -0.15) is 0 Å². The van der Waals surface area contributed by atoms with Crippen LogP contribution in [-0.2, 0) is 6.42 Å². The summed E-state index contributed by atoms with van der Waals surface area (Å²) in [6.45, 7) is 4.21. The van der Waals surface area contributed by atoms with Gasteiger partial charge in [0.1, 0.15) is 5.69 Å². The molecule has 0 saturated carbocycles. The molecule has 0 fully saturated rings. The van der Waals surface area contributed by atoms with Crippen molar-refractivity contribution in [3.8, 4) is 0 Å². The third kappa shape index (κ3) is 2.78. The number of para-hydroxylation sites is 1. The molecule has 0 aliphatic carbocycles. The van der Waals surface area contributed by atoms with Crippen molar-refractivity contribution in [3.63, 3.8) is 0 Å². The van der Waals surface area contributed by atoms with Gasteiger partial charge < -0.3 is 9.67 Å². The van der Waals surface area contributed by atoms with Crippen molar-refractivity contribution < 1.29 is 9.90 Å². The second kappa shape index (κ2) is 6.88. The summed E-state index contributed by atoms with van der Waals surface area (Å²) in [4.78, 5) is 16.1. The van der Waals surface area contributed by atoms with Gasteiger partial charge in [-0.15, -0.1) is 0 Å². The van der Waals surface area contributed by atoms with E-state index < -0.39 is 5.97 Å². The van der Waals surface area contributed by atoms with Crippen molar-refractivity contribution >= 4 is 27.8 Å². The van der Waals surface area contributed by atoms with E-state index in [0.29, 0.717) is 6.42 Å². The zero-order valence-corrected chi connectivity index (χ0v) is 15.5. The Morgan fingerprint density at radius 3 is 2.41 bits per heavy atom. The van der Waals surface area contributed by atoms with Gasteiger partial charge in [-0.25, -0.2) is 9.78 Å². The number of aryl methyl sites for hydroxylation is 1. The van der Waals surface area contributed by atoms with Crippen LogP contribution in [0.25, 0.3) is 21.8 Å². The summed E-state index contributed by atoms with van der Waals surface area (Å²) in [6.07, 6.45) is 1.61. The fourth-order valence-corrected chi connectivity index (χ4v) is 4.02. The molecule has 1 atom stereocenters. The van der Waals surface area contributed by atoms with Crippen LogP contribution >= 0.6 is 0 Å². The quantitative estimate of drug-likeness (QED) is 0.516. The van der Waals surface area contributed by atoms with Crippen molar-refractivity contribution in [1.29, 1.82) is 0 Å². The molecule has 0 aliphatic heterocycles. The molecule has 0 aliphatic rings. The van der Waals surface area contributed by atoms with Gasteiger partial charge in [0.25, 0.3) is 0 Å². The molecule has 2 aromatic carbocycles. The summed E-state index contributed by atoms with van der Waals surface area (Å²) >= 11 is 0. The van der Waals surface area contributed by atoms with E-state index in [1.54, 1.807) is 6.07 Å². The normalized spacial score (nSPS) is 12.5. The van der Waals surface area contributed by atoms with Crippen LogP contribution in [0, 0.1) is 0 Å². The maximum atomic E-state index is 11.6. The first-order valence-corrected chi connectivity index (χ1v) is 9.36. The standard InChI is InChI=1S/C23H22N2O2/c1-3-18-22-17(14-19(24-18)23(26)27)16-12-8-9-13-21(16)25(22)20(4-2)15-10-6-5-7-11-15/h5-14,20H,3-4H2,1-2H3,(H,26,27). The predicted molar refractivity (Wildman–Crippen MR) is 108 cm³/mol. The highest BCUT2D eigenvalue weighted by molar-refractivity contribution is 6.10. The number of benzene rings is 2. The highest BCUT2D eigenvalue weighted by Crippen LogP contribution is 2.37. The van der Waals surface area contributed by atoms with Crippen LogP contribution < -0.4 is 0 Å². The Balaban J connectivity index is 2.14. The number of hydrogen-bond donors (Lipinski definition) is 1. The number of carboxylic acid groups (broad SMARTS) is 1. The van der Waals surface area contributed by atoms with E-state index in [1.165, 1.54) is 5.56 Å². The molecule has 4 aromatic rings. The third-order valence-electron chi connectivity index (χ3n) is 5.20. The lowest BCUT2D eigenvalue weighted by atomic mass is 10.0. The first kappa shape index (κ1) is 17.3. The average molecular weight is 358 g/mol. The number of fused-ring (bicyclic) bond motifs is 3. The number of hydrogen-bond acceptors (Lipinski definition) is 2. The molecular formula is C23H22N2O2. The van der Waals surface area contributed by atoms with Crippen molar-refractivity contribution in [2.45, 2.75) is 32.7 Å². The number of pyridine rings is 1. The highest BCUT2D eigenvalue weighted by atomic mass is 16.4. The van der Waals surface area contributed by atoms with E-state index in [4.69, 9.17) is 0 Å². The number of rotatable bonds is 5. The van der Waals surface area contributed by atoms with Gasteiger partial charge in [0, 0.05) is 16.3 Å². The molecule has 4 nitrogen and oxygen atoms in total. The maximum Gasteiger partial charge on any atom is 0.354 e. The zero-order valence-electron chi connectivity index (χ0n) is 15.5. The predicted octanol–water partition coefficient (Wildman–Crippen LogP) is 5.45. The summed E-state index contributed by atoms with van der Waals surface area (Å²) in [6, 6.07) is 20.6. The lowest BCUT2D eigenvalue weighted by Gasteiger charge is -2.21. The fourth-order valence-electron chi connectivity index (χ4n) is 4.02. The topological polar surface area (TPSA) is 55.1 Å². The summed E-state index contributed by atoms with van der Waals surface area (Å²) in [7, 11) is 0. The number of aromatic nitrogens is 2. The van der Waals surface area contributed by atoms with Crippen molar-refractivity contribution in [3.05, 3.63) is 77.6 Å². The van der Waals surface area contributed by atoms with Crippen LogP contribution in [-0.4, -0.2) is 20.6 Å². The monoisotopic (exact) mass is 358 g/mol. The fraction of sp³-hybridized carbons (Fsp3) is 0.217. The first-order valence-electron chi connectivity index (χ1n) is 9.36. The average Bonchev–Trinajstić information content (AvgIpc) is 3.03. The van der Waals surface area contributed by atoms with Crippen molar-refractivity contribution in [2.75, 3.05) is 0 Å². The van der Waals surface area contributed by atoms with E-state index >= 15 is 0 Å². The Bertz CT molecular complexity index is 1130. The van der Waals surface area contributed by atoms with Crippen LogP contribution in [0.2, 0.25) is 0 Å². The van der Waals surface area contributed by atoms with Crippen LogP contribution in [0.15, 0.2) is 60.7 Å². The molecule has 0 amide bonds. The van der Waals surface area contributed by atoms with E-state index in [9.17, 15) is 9.90 Å². The van der Waals surface area contributed by atoms with Gasteiger partial charge in [-0.1, -0.05) is 62.4 Å². The number of aromatic carboxylic acids is 1. The Labute approximate surface area is 158 Å².